The standard InChI is InChI=1S/C32H39N7O2/c1-3-14-37-16-17-39(20-25(37)11-13-33)31-28-12-15-38(30-10-6-8-24-7-4-5-9-27(24)30)22-29(28)34-32(35-31)41-23-26-21-36(2)18-19-40-26/h3-10,14,25-26H,11-12,15-23H2,1-2H3/t25?,26-/m0/s1. The average Bonchev–Trinajstić information content (AvgIpc) is 3.00. The number of hydrogen-bond donors (Lipinski definition) is 0. The van der Waals surface area contributed by atoms with Gasteiger partial charge in [0, 0.05) is 55.9 Å². The second kappa shape index (κ2) is 12.3. The average molecular weight is 554 g/mol. The molecule has 3 aliphatic heterocycles. The van der Waals surface area contributed by atoms with E-state index >= 15 is 0 Å². The Morgan fingerprint density at radius 2 is 1.93 bits per heavy atom. The van der Waals surface area contributed by atoms with E-state index in [9.17, 15) is 5.26 Å². The fraction of sp³-hybridized carbons (Fsp3) is 0.469. The molecule has 2 atom stereocenters. The van der Waals surface area contributed by atoms with Crippen molar-refractivity contribution in [1.82, 2.24) is 19.8 Å². The van der Waals surface area contributed by atoms with Gasteiger partial charge in [-0.1, -0.05) is 42.5 Å². The van der Waals surface area contributed by atoms with Crippen LogP contribution in [0.4, 0.5) is 11.5 Å². The van der Waals surface area contributed by atoms with E-state index < -0.39 is 0 Å². The highest BCUT2D eigenvalue weighted by Gasteiger charge is 2.31. The molecule has 214 valence electrons. The summed E-state index contributed by atoms with van der Waals surface area (Å²) in [6.45, 7) is 8.91. The maximum absolute atomic E-state index is 9.54. The Kier molecular flexibility index (Phi) is 8.21. The van der Waals surface area contributed by atoms with Gasteiger partial charge in [-0.3, -0.25) is 0 Å². The molecule has 1 unspecified atom stereocenters. The molecule has 2 fully saturated rings. The number of anilines is 2. The minimum Gasteiger partial charge on any atom is -0.461 e. The topological polar surface area (TPSA) is 81.0 Å². The molecule has 9 nitrogen and oxygen atoms in total. The van der Waals surface area contributed by atoms with E-state index in [1.54, 1.807) is 0 Å². The lowest BCUT2D eigenvalue weighted by Crippen LogP contribution is -2.51. The van der Waals surface area contributed by atoms with Crippen molar-refractivity contribution in [1.29, 1.82) is 5.26 Å². The number of likely N-dealkylation sites (N-methyl/N-ethyl adjacent to an activating group) is 1. The number of ether oxygens (including phenoxy) is 2. The highest BCUT2D eigenvalue weighted by molar-refractivity contribution is 5.94. The Balaban J connectivity index is 1.31. The summed E-state index contributed by atoms with van der Waals surface area (Å²) in [6.07, 6.45) is 5.47. The van der Waals surface area contributed by atoms with E-state index in [0.717, 1.165) is 57.2 Å². The van der Waals surface area contributed by atoms with Crippen molar-refractivity contribution in [3.63, 3.8) is 0 Å². The van der Waals surface area contributed by atoms with Crippen LogP contribution in [-0.4, -0.2) is 91.4 Å². The maximum atomic E-state index is 9.54. The highest BCUT2D eigenvalue weighted by atomic mass is 16.5. The van der Waals surface area contributed by atoms with Gasteiger partial charge in [0.1, 0.15) is 18.5 Å². The van der Waals surface area contributed by atoms with E-state index in [1.807, 2.05) is 13.0 Å². The number of aromatic nitrogens is 2. The second-order valence-corrected chi connectivity index (χ2v) is 11.2. The second-order valence-electron chi connectivity index (χ2n) is 11.2. The van der Waals surface area contributed by atoms with Crippen molar-refractivity contribution in [3.8, 4) is 12.1 Å². The maximum Gasteiger partial charge on any atom is 0.318 e. The predicted molar refractivity (Wildman–Crippen MR) is 161 cm³/mol. The first-order valence-corrected chi connectivity index (χ1v) is 14.7. The van der Waals surface area contributed by atoms with Crippen LogP contribution in [0.2, 0.25) is 0 Å². The molecule has 0 N–H and O–H groups in total. The van der Waals surface area contributed by atoms with Gasteiger partial charge < -0.3 is 29.1 Å². The Bertz CT molecular complexity index is 1430. The van der Waals surface area contributed by atoms with E-state index in [4.69, 9.17) is 19.4 Å². The van der Waals surface area contributed by atoms with Crippen LogP contribution in [0, 0.1) is 11.3 Å². The van der Waals surface area contributed by atoms with Gasteiger partial charge in [0.05, 0.1) is 37.4 Å². The molecule has 2 aromatic carbocycles. The van der Waals surface area contributed by atoms with Crippen molar-refractivity contribution >= 4 is 22.3 Å². The first-order chi connectivity index (χ1) is 20.1. The molecule has 0 aliphatic carbocycles. The number of piperazine rings is 1. The monoisotopic (exact) mass is 553 g/mol. The zero-order chi connectivity index (χ0) is 28.2. The molecule has 1 aromatic heterocycles. The SMILES string of the molecule is CC=CN1CCN(c2nc(OC[C@@H]3CN(C)CCO3)nc3c2CCN(c2cccc4ccccc24)C3)CC1CC#N. The minimum atomic E-state index is -0.00611. The molecule has 41 heavy (non-hydrogen) atoms. The zero-order valence-corrected chi connectivity index (χ0v) is 24.1. The summed E-state index contributed by atoms with van der Waals surface area (Å²) in [5, 5.41) is 12.0. The van der Waals surface area contributed by atoms with Crippen molar-refractivity contribution in [2.45, 2.75) is 38.5 Å². The first-order valence-electron chi connectivity index (χ1n) is 14.7. The number of allylic oxidation sites excluding steroid dienone is 1. The van der Waals surface area contributed by atoms with Gasteiger partial charge in [-0.15, -0.1) is 0 Å². The Labute approximate surface area is 242 Å². The van der Waals surface area contributed by atoms with Crippen molar-refractivity contribution < 1.29 is 9.47 Å². The van der Waals surface area contributed by atoms with Gasteiger partial charge in [-0.2, -0.15) is 15.2 Å². The van der Waals surface area contributed by atoms with Crippen molar-refractivity contribution in [2.24, 2.45) is 0 Å². The van der Waals surface area contributed by atoms with Crippen LogP contribution >= 0.6 is 0 Å². The lowest BCUT2D eigenvalue weighted by Gasteiger charge is -2.42. The van der Waals surface area contributed by atoms with Crippen LogP contribution in [0.15, 0.2) is 54.7 Å². The van der Waals surface area contributed by atoms with Crippen LogP contribution in [0.1, 0.15) is 24.6 Å². The number of hydrogen-bond acceptors (Lipinski definition) is 9. The van der Waals surface area contributed by atoms with E-state index in [0.29, 0.717) is 32.2 Å². The van der Waals surface area contributed by atoms with Crippen molar-refractivity contribution in [2.75, 3.05) is 69.3 Å². The third kappa shape index (κ3) is 5.95. The molecule has 0 saturated carbocycles. The first kappa shape index (κ1) is 27.3. The summed E-state index contributed by atoms with van der Waals surface area (Å²) in [5.74, 6) is 0.951. The van der Waals surface area contributed by atoms with E-state index in [-0.39, 0.29) is 12.1 Å². The number of fused-ring (bicyclic) bond motifs is 2. The Hall–Kier alpha value is -3.87. The molecule has 0 spiro atoms. The quantitative estimate of drug-likeness (QED) is 0.434. The molecule has 2 saturated heterocycles. The lowest BCUT2D eigenvalue weighted by atomic mass is 10.0. The molecule has 6 rings (SSSR count). The van der Waals surface area contributed by atoms with E-state index in [2.05, 4.69) is 81.4 Å². The third-order valence-electron chi connectivity index (χ3n) is 8.37. The lowest BCUT2D eigenvalue weighted by molar-refractivity contribution is -0.0417. The summed E-state index contributed by atoms with van der Waals surface area (Å²) in [4.78, 5) is 19.3. The van der Waals surface area contributed by atoms with Crippen molar-refractivity contribution in [3.05, 3.63) is 66.0 Å². The van der Waals surface area contributed by atoms with Crippen LogP contribution in [0.3, 0.4) is 0 Å². The van der Waals surface area contributed by atoms with Crippen LogP contribution in [0.5, 0.6) is 6.01 Å². The highest BCUT2D eigenvalue weighted by Crippen LogP contribution is 2.34. The summed E-state index contributed by atoms with van der Waals surface area (Å²) in [5.41, 5.74) is 3.43. The van der Waals surface area contributed by atoms with Crippen LogP contribution in [0.25, 0.3) is 10.8 Å². The largest absolute Gasteiger partial charge is 0.461 e. The fourth-order valence-corrected chi connectivity index (χ4v) is 6.28. The summed E-state index contributed by atoms with van der Waals surface area (Å²) < 4.78 is 12.2. The summed E-state index contributed by atoms with van der Waals surface area (Å²) in [6, 6.07) is 18.0. The summed E-state index contributed by atoms with van der Waals surface area (Å²) >= 11 is 0. The van der Waals surface area contributed by atoms with Gasteiger partial charge in [-0.25, -0.2) is 0 Å². The van der Waals surface area contributed by atoms with Gasteiger partial charge in [0.15, 0.2) is 0 Å². The number of nitrogens with zero attached hydrogens (tertiary/aromatic N) is 7. The predicted octanol–water partition coefficient (Wildman–Crippen LogP) is 3.84. The molecule has 0 radical (unpaired) electrons. The normalized spacial score (nSPS) is 21.7. The molecular formula is C32H39N7O2. The molecule has 4 heterocycles. The molecular weight excluding hydrogens is 514 g/mol. The Morgan fingerprint density at radius 3 is 2.78 bits per heavy atom. The number of nitriles is 1. The molecule has 9 heteroatoms. The zero-order valence-electron chi connectivity index (χ0n) is 24.1. The van der Waals surface area contributed by atoms with Crippen LogP contribution in [-0.2, 0) is 17.7 Å². The minimum absolute atomic E-state index is 0.00611. The number of benzene rings is 2. The molecule has 3 aliphatic rings. The smallest absolute Gasteiger partial charge is 0.318 e. The van der Waals surface area contributed by atoms with Gasteiger partial charge in [-0.05, 0) is 38.0 Å². The molecule has 3 aromatic rings. The molecule has 0 amide bonds. The molecule has 0 bridgehead atoms. The number of morpholine rings is 1. The summed E-state index contributed by atoms with van der Waals surface area (Å²) in [7, 11) is 2.11. The Morgan fingerprint density at radius 1 is 1.05 bits per heavy atom. The van der Waals surface area contributed by atoms with Crippen LogP contribution < -0.4 is 14.5 Å². The van der Waals surface area contributed by atoms with Gasteiger partial charge in [0.25, 0.3) is 0 Å². The fourth-order valence-electron chi connectivity index (χ4n) is 6.28. The van der Waals surface area contributed by atoms with E-state index in [1.165, 1.54) is 22.0 Å². The number of rotatable bonds is 7. The van der Waals surface area contributed by atoms with Gasteiger partial charge >= 0.3 is 6.01 Å². The third-order valence-corrected chi connectivity index (χ3v) is 8.37. The van der Waals surface area contributed by atoms with Gasteiger partial charge in [0.2, 0.25) is 0 Å².